The molecule has 0 aromatic heterocycles. The van der Waals surface area contributed by atoms with Gasteiger partial charge in [-0.05, 0) is 106 Å². The molecule has 0 spiro atoms. The van der Waals surface area contributed by atoms with Crippen molar-refractivity contribution >= 4 is 107 Å². The van der Waals surface area contributed by atoms with Crippen LogP contribution in [0.2, 0.25) is 0 Å². The van der Waals surface area contributed by atoms with E-state index in [1.807, 2.05) is 0 Å². The van der Waals surface area contributed by atoms with Crippen LogP contribution in [0.4, 0.5) is 0 Å². The van der Waals surface area contributed by atoms with Crippen molar-refractivity contribution in [3.8, 4) is 0 Å². The van der Waals surface area contributed by atoms with Gasteiger partial charge in [-0.15, -0.1) is 0 Å². The minimum absolute atomic E-state index is 0.00461. The number of aliphatic hydroxyl groups is 1. The highest BCUT2D eigenvalue weighted by atomic mass is 16.4. The van der Waals surface area contributed by atoms with Crippen molar-refractivity contribution < 1.29 is 102 Å². The van der Waals surface area contributed by atoms with Crippen molar-refractivity contribution in [1.29, 1.82) is 0 Å². The zero-order valence-electron chi connectivity index (χ0n) is 64.8. The molecule has 109 heavy (non-hydrogen) atoms. The number of aliphatic imine (C=N–C) groups is 1. The highest BCUT2D eigenvalue weighted by Gasteiger charge is 2.40. The van der Waals surface area contributed by atoms with Crippen LogP contribution >= 0.6 is 0 Å². The molecule has 0 aliphatic carbocycles. The Morgan fingerprint density at radius 1 is 0.358 bits per heavy atom. The van der Waals surface area contributed by atoms with Crippen LogP contribution in [0.15, 0.2) is 4.99 Å². The van der Waals surface area contributed by atoms with Crippen LogP contribution in [0.3, 0.4) is 0 Å². The average molecular weight is 1550 g/mol. The smallest absolute Gasteiger partial charge is 0.326 e. The third-order valence-electron chi connectivity index (χ3n) is 17.9. The molecule has 0 aromatic carbocycles. The fourth-order valence-corrected chi connectivity index (χ4v) is 10.8. The number of rotatable bonds is 56. The van der Waals surface area contributed by atoms with E-state index < -0.39 is 254 Å². The number of aliphatic hydroxyl groups excluding tert-OH is 1. The number of primary amides is 2. The molecule has 0 unspecified atom stereocenters. The SMILES string of the molecule is CC[C@H](C)[C@H](N)C(=O)N[C@@H](CC(=O)O)C(=O)N[C@@H](CCC(N)=O)C(=O)N[C@@H](CCC(N)=O)C(=O)N[C@H](C(=O)N[C@@H](CC(C)C)C(=O)N[C@@H](CO)C(=O)N[C@@H](CCCN=C(N)N)C(=O)N[C@H](C(=O)N[C@@H](CCCCN)C(=O)N[C@@H](CC(C)C)C(=O)N[C@@H](CCC(=O)O)C(=O)N[C@H](C(=O)O)[C@@H](C)CC)[C@@H](C)CC)C(C)C. The summed E-state index contributed by atoms with van der Waals surface area (Å²) in [4.78, 5) is 233. The van der Waals surface area contributed by atoms with Gasteiger partial charge in [0.1, 0.15) is 72.5 Å². The van der Waals surface area contributed by atoms with Crippen molar-refractivity contribution in [2.24, 2.45) is 74.9 Å². The van der Waals surface area contributed by atoms with E-state index in [1.54, 1.807) is 69.2 Å². The van der Waals surface area contributed by atoms with Crippen LogP contribution in [0, 0.1) is 35.5 Å². The first-order chi connectivity index (χ1) is 50.9. The minimum atomic E-state index is -1.86. The zero-order valence-corrected chi connectivity index (χ0v) is 64.8. The van der Waals surface area contributed by atoms with Gasteiger partial charge >= 0.3 is 17.9 Å². The highest BCUT2D eigenvalue weighted by Crippen LogP contribution is 2.17. The normalized spacial score (nSPS) is 15.7. The summed E-state index contributed by atoms with van der Waals surface area (Å²) in [5.74, 6) is -21.9. The van der Waals surface area contributed by atoms with E-state index in [1.165, 1.54) is 13.8 Å². The predicted octanol–water partition coefficient (Wildman–Crippen LogP) is -4.85. The number of aliphatic carboxylic acids is 3. The quantitative estimate of drug-likeness (QED) is 0.0154. The summed E-state index contributed by atoms with van der Waals surface area (Å²) in [6, 6.07) is -20.2. The first kappa shape index (κ1) is 99.1. The van der Waals surface area contributed by atoms with Crippen LogP contribution in [0.25, 0.3) is 0 Å². The maximum absolute atomic E-state index is 14.6. The molecule has 28 N–H and O–H groups in total. The van der Waals surface area contributed by atoms with Crippen molar-refractivity contribution in [1.82, 2.24) is 63.8 Å². The van der Waals surface area contributed by atoms with Gasteiger partial charge in [0.15, 0.2) is 5.96 Å². The topological polar surface area (TPSA) is 684 Å². The van der Waals surface area contributed by atoms with Crippen LogP contribution in [0.1, 0.15) is 192 Å². The number of nitrogens with two attached hydrogens (primary N) is 6. The minimum Gasteiger partial charge on any atom is -0.481 e. The van der Waals surface area contributed by atoms with Gasteiger partial charge in [-0.25, -0.2) is 4.79 Å². The molecule has 40 nitrogen and oxygen atoms in total. The molecular formula is C69H123N19O21. The molecule has 14 amide bonds. The Morgan fingerprint density at radius 2 is 0.688 bits per heavy atom. The highest BCUT2D eigenvalue weighted by molar-refractivity contribution is 6.00. The Kier molecular flexibility index (Phi) is 46.8. The number of carboxylic acid groups (broad SMARTS) is 3. The predicted molar refractivity (Wildman–Crippen MR) is 397 cm³/mol. The molecule has 40 heteroatoms. The lowest BCUT2D eigenvalue weighted by Crippen LogP contribution is -2.62. The van der Waals surface area contributed by atoms with Crippen LogP contribution in [0.5, 0.6) is 0 Å². The van der Waals surface area contributed by atoms with E-state index in [-0.39, 0.29) is 75.8 Å². The Morgan fingerprint density at radius 3 is 1.07 bits per heavy atom. The average Bonchev–Trinajstić information content (AvgIpc) is 0.853. The Bertz CT molecular complexity index is 3100. The number of nitrogens with zero attached hydrogens (tertiary/aromatic N) is 1. The third kappa shape index (κ3) is 38.7. The van der Waals surface area contributed by atoms with Crippen molar-refractivity contribution in [3.63, 3.8) is 0 Å². The molecule has 0 rings (SSSR count). The van der Waals surface area contributed by atoms with Crippen molar-refractivity contribution in [2.45, 2.75) is 271 Å². The second-order valence-electron chi connectivity index (χ2n) is 28.5. The van der Waals surface area contributed by atoms with Crippen LogP contribution in [-0.4, -0.2) is 225 Å². The Labute approximate surface area is 635 Å². The first-order valence-corrected chi connectivity index (χ1v) is 36.9. The van der Waals surface area contributed by atoms with Gasteiger partial charge in [-0.1, -0.05) is 102 Å². The molecule has 0 saturated carbocycles. The van der Waals surface area contributed by atoms with E-state index in [9.17, 15) is 102 Å². The fourth-order valence-electron chi connectivity index (χ4n) is 10.8. The summed E-state index contributed by atoms with van der Waals surface area (Å²) in [6.07, 6.45) is -3.06. The van der Waals surface area contributed by atoms with Gasteiger partial charge in [0.25, 0.3) is 0 Å². The van der Waals surface area contributed by atoms with E-state index in [0.717, 1.165) is 0 Å². The van der Waals surface area contributed by atoms with Crippen LogP contribution in [-0.2, 0) is 81.5 Å². The van der Waals surface area contributed by atoms with Crippen molar-refractivity contribution in [3.05, 3.63) is 0 Å². The molecule has 0 aliphatic rings. The van der Waals surface area contributed by atoms with Gasteiger partial charge in [0, 0.05) is 25.8 Å². The van der Waals surface area contributed by atoms with Crippen molar-refractivity contribution in [2.75, 3.05) is 19.7 Å². The van der Waals surface area contributed by atoms with Gasteiger partial charge in [0.2, 0.25) is 82.7 Å². The molecular weight excluding hydrogens is 1430 g/mol. The van der Waals surface area contributed by atoms with Gasteiger partial charge < -0.3 is 119 Å². The number of unbranched alkanes of at least 4 members (excludes halogenated alkanes) is 1. The number of guanidine groups is 1. The molecule has 0 radical (unpaired) electrons. The van der Waals surface area contributed by atoms with E-state index in [4.69, 9.17) is 34.4 Å². The second kappa shape index (κ2) is 51.5. The lowest BCUT2D eigenvalue weighted by Gasteiger charge is -2.30. The van der Waals surface area contributed by atoms with E-state index in [0.29, 0.717) is 19.3 Å². The molecule has 0 heterocycles. The third-order valence-corrected chi connectivity index (χ3v) is 17.9. The summed E-state index contributed by atoms with van der Waals surface area (Å²) >= 11 is 0. The maximum atomic E-state index is 14.6. The van der Waals surface area contributed by atoms with Gasteiger partial charge in [0.05, 0.1) is 19.1 Å². The molecule has 0 aromatic rings. The lowest BCUT2D eigenvalue weighted by molar-refractivity contribution is -0.144. The molecule has 0 fully saturated rings. The van der Waals surface area contributed by atoms with E-state index in [2.05, 4.69) is 68.8 Å². The Balaban J connectivity index is 7.22. The molecule has 16 atom stereocenters. The molecule has 0 aliphatic heterocycles. The van der Waals surface area contributed by atoms with E-state index >= 15 is 0 Å². The summed E-state index contributed by atoms with van der Waals surface area (Å²) in [6.45, 7) is 18.7. The number of nitrogens with one attached hydrogen (secondary N) is 12. The van der Waals surface area contributed by atoms with Gasteiger partial charge in [-0.2, -0.15) is 0 Å². The summed E-state index contributed by atoms with van der Waals surface area (Å²) in [7, 11) is 0. The number of hydrogen-bond acceptors (Lipinski definition) is 21. The summed E-state index contributed by atoms with van der Waals surface area (Å²) < 4.78 is 0. The molecule has 620 valence electrons. The lowest BCUT2D eigenvalue weighted by atomic mass is 9.96. The largest absolute Gasteiger partial charge is 0.481 e. The molecule has 0 saturated heterocycles. The number of carboxylic acids is 3. The number of carbonyl (C=O) groups is 17. The number of amides is 14. The summed E-state index contributed by atoms with van der Waals surface area (Å²) in [5, 5.41) is 69.3. The fraction of sp³-hybridized carbons (Fsp3) is 0.739. The van der Waals surface area contributed by atoms with Crippen LogP contribution < -0.4 is 98.2 Å². The second-order valence-corrected chi connectivity index (χ2v) is 28.5. The zero-order chi connectivity index (χ0) is 83.7. The maximum Gasteiger partial charge on any atom is 0.326 e. The van der Waals surface area contributed by atoms with Gasteiger partial charge in [-0.3, -0.25) is 81.7 Å². The summed E-state index contributed by atoms with van der Waals surface area (Å²) in [5.41, 5.74) is 33.7. The first-order valence-electron chi connectivity index (χ1n) is 36.9. The molecule has 0 bridgehead atoms. The standard InChI is InChI=1S/C69H123N19O21/c1-13-36(10)52(73)65(105)83-46(31-51(94)95)63(103)79-41(21-24-48(71)90)57(97)78-42(22-25-49(72)91)59(99)86-53(35(8)9)66(106)84-45(30-34(6)7)62(102)85-47(32-89)64(104)77-40(20-18-28-76-69(74)75)58(98)87-54(37(11)14-2)67(107)81-39(19-16-17-27-70)56(96)82-44(29-33(4)5)61(101)80-43(23-26-50(92)93)60(100)88-55(68(108)109)38(12)15-3/h33-47,52-55,89H,13-32,70,73H2,1-12H3,(H2,71,90)(H2,72,91)(H,77,104)(H,78,97)(H,79,103)(H,80,101)(H,81,107)(H,82,96)(H,83,105)(H,84,106)(H,85,102)(H,86,99)(H,87,98)(H,88,100)(H,92,93)(H,94,95)(H,108,109)(H4,74,75,76)/t36-,37-,38-,39-,40-,41-,42-,43-,44-,45-,46-,47-,52-,53-,54-,55-/m0/s1. The number of carbonyl (C=O) groups excluding carboxylic acids is 14. The monoisotopic (exact) mass is 1550 g/mol. The number of hydrogen-bond donors (Lipinski definition) is 22. The Hall–Kier alpha value is -9.86.